The Morgan fingerprint density at radius 1 is 1.50 bits per heavy atom. The Hall–Kier alpha value is -1.01. The molecule has 14 heavy (non-hydrogen) atoms. The van der Waals surface area contributed by atoms with Crippen molar-refractivity contribution >= 4 is 15.9 Å². The van der Waals surface area contributed by atoms with Crippen LogP contribution in [0.1, 0.15) is 24.0 Å². The van der Waals surface area contributed by atoms with E-state index in [9.17, 15) is 0 Å². The quantitative estimate of drug-likeness (QED) is 0.810. The molecule has 0 bridgehead atoms. The zero-order valence-corrected chi connectivity index (χ0v) is 10.1. The minimum absolute atomic E-state index is 0.167. The van der Waals surface area contributed by atoms with Gasteiger partial charge in [-0.3, -0.25) is 0 Å². The molecule has 1 unspecified atom stereocenters. The van der Waals surface area contributed by atoms with Crippen molar-refractivity contribution in [2.75, 3.05) is 7.11 Å². The van der Waals surface area contributed by atoms with E-state index in [2.05, 4.69) is 22.0 Å². The van der Waals surface area contributed by atoms with Gasteiger partial charge in [-0.05, 0) is 31.5 Å². The average molecular weight is 254 g/mol. The van der Waals surface area contributed by atoms with Gasteiger partial charge in [0.15, 0.2) is 0 Å². The molecule has 0 amide bonds. The molecular weight excluding hydrogens is 242 g/mol. The molecule has 1 rings (SSSR count). The van der Waals surface area contributed by atoms with Crippen molar-refractivity contribution < 1.29 is 4.74 Å². The smallest absolute Gasteiger partial charge is 0.124 e. The van der Waals surface area contributed by atoms with E-state index in [1.54, 1.807) is 7.11 Å². The molecule has 0 N–H and O–H groups in total. The lowest BCUT2D eigenvalue weighted by atomic mass is 10.0. The number of ether oxygens (including phenoxy) is 1. The lowest BCUT2D eigenvalue weighted by Gasteiger charge is -2.13. The fraction of sp³-hybridized carbons (Fsp3) is 0.364. The lowest BCUT2D eigenvalue weighted by Crippen LogP contribution is -1.97. The zero-order valence-electron chi connectivity index (χ0n) is 8.47. The van der Waals surface area contributed by atoms with Crippen molar-refractivity contribution in [2.45, 2.75) is 19.8 Å². The summed E-state index contributed by atoms with van der Waals surface area (Å²) < 4.78 is 6.18. The molecule has 0 fully saturated rings. The lowest BCUT2D eigenvalue weighted by molar-refractivity contribution is 0.408. The Labute approximate surface area is 92.6 Å². The first-order valence-corrected chi connectivity index (χ1v) is 5.13. The van der Waals surface area contributed by atoms with Gasteiger partial charge in [-0.1, -0.05) is 15.9 Å². The largest absolute Gasteiger partial charge is 0.496 e. The van der Waals surface area contributed by atoms with Crippen LogP contribution < -0.4 is 4.74 Å². The molecule has 0 saturated heterocycles. The monoisotopic (exact) mass is 253 g/mol. The van der Waals surface area contributed by atoms with Crippen LogP contribution >= 0.6 is 15.9 Å². The highest BCUT2D eigenvalue weighted by Crippen LogP contribution is 2.34. The van der Waals surface area contributed by atoms with Gasteiger partial charge in [0.05, 0.1) is 19.1 Å². The third kappa shape index (κ3) is 2.08. The fourth-order valence-electron chi connectivity index (χ4n) is 1.38. The number of nitrogens with zero attached hydrogens (tertiary/aromatic N) is 1. The normalized spacial score (nSPS) is 11.9. The Morgan fingerprint density at radius 3 is 2.64 bits per heavy atom. The third-order valence-corrected chi connectivity index (χ3v) is 2.74. The van der Waals surface area contributed by atoms with Crippen molar-refractivity contribution in [3.8, 4) is 11.8 Å². The van der Waals surface area contributed by atoms with E-state index in [1.165, 1.54) is 0 Å². The number of rotatable bonds is 2. The summed E-state index contributed by atoms with van der Waals surface area (Å²) in [5.74, 6) is 0.603. The predicted octanol–water partition coefficient (Wildman–Crippen LogP) is 3.39. The van der Waals surface area contributed by atoms with Gasteiger partial charge < -0.3 is 4.74 Å². The van der Waals surface area contributed by atoms with Crippen molar-refractivity contribution in [3.63, 3.8) is 0 Å². The van der Waals surface area contributed by atoms with Crippen LogP contribution in [0.3, 0.4) is 0 Å². The van der Waals surface area contributed by atoms with Gasteiger partial charge in [-0.2, -0.15) is 5.26 Å². The summed E-state index contributed by atoms with van der Waals surface area (Å²) in [5.41, 5.74) is 2.03. The van der Waals surface area contributed by atoms with E-state index in [4.69, 9.17) is 10.00 Å². The summed E-state index contributed by atoms with van der Waals surface area (Å²) in [5, 5.41) is 8.88. The second-order valence-electron chi connectivity index (χ2n) is 3.21. The van der Waals surface area contributed by atoms with Crippen LogP contribution in [0, 0.1) is 18.3 Å². The summed E-state index contributed by atoms with van der Waals surface area (Å²) >= 11 is 3.45. The minimum Gasteiger partial charge on any atom is -0.496 e. The van der Waals surface area contributed by atoms with E-state index in [1.807, 2.05) is 26.0 Å². The second-order valence-corrected chi connectivity index (χ2v) is 4.07. The molecule has 0 spiro atoms. The van der Waals surface area contributed by atoms with Crippen molar-refractivity contribution in [2.24, 2.45) is 0 Å². The van der Waals surface area contributed by atoms with Crippen molar-refractivity contribution in [3.05, 3.63) is 27.7 Å². The fourth-order valence-corrected chi connectivity index (χ4v) is 2.28. The maximum absolute atomic E-state index is 8.88. The Morgan fingerprint density at radius 2 is 2.14 bits per heavy atom. The maximum atomic E-state index is 8.88. The number of benzene rings is 1. The van der Waals surface area contributed by atoms with Gasteiger partial charge in [0.2, 0.25) is 0 Å². The van der Waals surface area contributed by atoms with Crippen LogP contribution in [0.25, 0.3) is 0 Å². The molecule has 1 aromatic carbocycles. The Balaban J connectivity index is 3.34. The highest BCUT2D eigenvalue weighted by molar-refractivity contribution is 9.10. The molecule has 2 nitrogen and oxygen atoms in total. The van der Waals surface area contributed by atoms with Crippen LogP contribution in [0.2, 0.25) is 0 Å². The summed E-state index contributed by atoms with van der Waals surface area (Å²) in [6.45, 7) is 3.85. The van der Waals surface area contributed by atoms with Crippen LogP contribution in [0.4, 0.5) is 0 Å². The maximum Gasteiger partial charge on any atom is 0.124 e. The molecule has 1 aromatic rings. The number of nitriles is 1. The van der Waals surface area contributed by atoms with Gasteiger partial charge in [-0.25, -0.2) is 0 Å². The van der Waals surface area contributed by atoms with Crippen LogP contribution in [-0.2, 0) is 0 Å². The molecule has 0 aliphatic rings. The zero-order chi connectivity index (χ0) is 10.7. The molecular formula is C11H12BrNO. The van der Waals surface area contributed by atoms with E-state index in [-0.39, 0.29) is 5.92 Å². The summed E-state index contributed by atoms with van der Waals surface area (Å²) in [6, 6.07) is 6.14. The van der Waals surface area contributed by atoms with Crippen LogP contribution in [-0.4, -0.2) is 7.11 Å². The van der Waals surface area contributed by atoms with E-state index >= 15 is 0 Å². The molecule has 0 aliphatic heterocycles. The predicted molar refractivity (Wildman–Crippen MR) is 59.5 cm³/mol. The molecule has 1 atom stereocenters. The number of aryl methyl sites for hydroxylation is 1. The average Bonchev–Trinajstić information content (AvgIpc) is 2.15. The number of methoxy groups -OCH3 is 1. The van der Waals surface area contributed by atoms with E-state index < -0.39 is 0 Å². The Bertz CT molecular complexity index is 382. The first kappa shape index (κ1) is 11.1. The van der Waals surface area contributed by atoms with Crippen LogP contribution in [0.15, 0.2) is 16.6 Å². The summed E-state index contributed by atoms with van der Waals surface area (Å²) in [4.78, 5) is 0. The summed E-state index contributed by atoms with van der Waals surface area (Å²) in [6.07, 6.45) is 0. The van der Waals surface area contributed by atoms with Gasteiger partial charge in [0, 0.05) is 10.0 Å². The molecule has 0 heterocycles. The SMILES string of the molecule is COc1cc(C)cc(Br)c1C(C)C#N. The topological polar surface area (TPSA) is 33.0 Å². The number of hydrogen-bond acceptors (Lipinski definition) is 2. The molecule has 0 radical (unpaired) electrons. The van der Waals surface area contributed by atoms with E-state index in [0.29, 0.717) is 0 Å². The van der Waals surface area contributed by atoms with E-state index in [0.717, 1.165) is 21.3 Å². The highest BCUT2D eigenvalue weighted by Gasteiger charge is 2.14. The summed E-state index contributed by atoms with van der Waals surface area (Å²) in [7, 11) is 1.62. The van der Waals surface area contributed by atoms with Gasteiger partial charge >= 0.3 is 0 Å². The van der Waals surface area contributed by atoms with Gasteiger partial charge in [0.25, 0.3) is 0 Å². The Kier molecular flexibility index (Phi) is 3.54. The standard InChI is InChI=1S/C11H12BrNO/c1-7-4-9(12)11(8(2)6-13)10(5-7)14-3/h4-5,8H,1-3H3. The number of hydrogen-bond donors (Lipinski definition) is 0. The minimum atomic E-state index is -0.167. The second kappa shape index (κ2) is 4.47. The van der Waals surface area contributed by atoms with Gasteiger partial charge in [-0.15, -0.1) is 0 Å². The van der Waals surface area contributed by atoms with Gasteiger partial charge in [0.1, 0.15) is 5.75 Å². The first-order valence-electron chi connectivity index (χ1n) is 4.33. The molecule has 3 heteroatoms. The first-order chi connectivity index (χ1) is 6.60. The third-order valence-electron chi connectivity index (χ3n) is 2.08. The molecule has 74 valence electrons. The molecule has 0 aliphatic carbocycles. The molecule has 0 saturated carbocycles. The van der Waals surface area contributed by atoms with Crippen molar-refractivity contribution in [1.29, 1.82) is 5.26 Å². The molecule has 0 aromatic heterocycles. The highest BCUT2D eigenvalue weighted by atomic mass is 79.9. The number of halogens is 1. The van der Waals surface area contributed by atoms with Crippen molar-refractivity contribution in [1.82, 2.24) is 0 Å². The van der Waals surface area contributed by atoms with Crippen LogP contribution in [0.5, 0.6) is 5.75 Å².